The van der Waals surface area contributed by atoms with Gasteiger partial charge in [0.15, 0.2) is 0 Å². The van der Waals surface area contributed by atoms with E-state index >= 15 is 0 Å². The number of fused-ring (bicyclic) bond motifs is 2. The largest absolute Gasteiger partial charge is 0.481 e. The Labute approximate surface area is 131 Å². The number of hydrogen-bond donors (Lipinski definition) is 1. The average molecular weight is 310 g/mol. The highest BCUT2D eigenvalue weighted by Gasteiger charge is 2.04. The molecule has 110 valence electrons. The van der Waals surface area contributed by atoms with E-state index in [0.717, 1.165) is 25.9 Å². The zero-order valence-corrected chi connectivity index (χ0v) is 12.5. The summed E-state index contributed by atoms with van der Waals surface area (Å²) in [6.07, 6.45) is 1.82. The third-order valence-corrected chi connectivity index (χ3v) is 4.28. The Bertz CT molecular complexity index is 841. The van der Waals surface area contributed by atoms with Gasteiger partial charge in [0.2, 0.25) is 0 Å². The van der Waals surface area contributed by atoms with Crippen LogP contribution in [0.5, 0.6) is 0 Å². The van der Waals surface area contributed by atoms with Crippen LogP contribution in [-0.2, 0) is 11.2 Å². The van der Waals surface area contributed by atoms with Crippen LogP contribution in [0.15, 0.2) is 71.3 Å². The second kappa shape index (κ2) is 6.45. The number of carboxylic acids is 1. The molecule has 2 heterocycles. The van der Waals surface area contributed by atoms with Gasteiger partial charge in [-0.05, 0) is 29.7 Å². The minimum Gasteiger partial charge on any atom is -0.481 e. The highest BCUT2D eigenvalue weighted by atomic mass is 32.1. The highest BCUT2D eigenvalue weighted by Crippen LogP contribution is 2.25. The summed E-state index contributed by atoms with van der Waals surface area (Å²) >= 11 is 1.54. The Hall–Kier alpha value is -2.59. The molecule has 0 aliphatic heterocycles. The minimum absolute atomic E-state index is 0.124. The number of aliphatic carboxylic acids is 1. The maximum absolute atomic E-state index is 10.5. The quantitative estimate of drug-likeness (QED) is 0.569. The molecule has 4 aromatic rings. The molecule has 2 aromatic heterocycles. The molecule has 3 nitrogen and oxygen atoms in total. The lowest BCUT2D eigenvalue weighted by molar-refractivity contribution is -0.136. The van der Waals surface area contributed by atoms with Gasteiger partial charge >= 0.3 is 5.97 Å². The average Bonchev–Trinajstić information content (AvgIpc) is 3.12. The van der Waals surface area contributed by atoms with Crippen LogP contribution < -0.4 is 0 Å². The summed E-state index contributed by atoms with van der Waals surface area (Å²) in [6.45, 7) is 0. The van der Waals surface area contributed by atoms with Crippen molar-refractivity contribution in [2.75, 3.05) is 0 Å². The SMILES string of the molecule is O=C(O)Cc1cc2ccccc2s1.c1ccc2occc2c1. The number of hydrogen-bond acceptors (Lipinski definition) is 3. The molecule has 0 radical (unpaired) electrons. The summed E-state index contributed by atoms with van der Waals surface area (Å²) in [5.74, 6) is -0.772. The summed E-state index contributed by atoms with van der Waals surface area (Å²) < 4.78 is 6.27. The maximum atomic E-state index is 10.5. The zero-order chi connectivity index (χ0) is 15.4. The van der Waals surface area contributed by atoms with E-state index in [1.54, 1.807) is 17.6 Å². The first kappa shape index (κ1) is 14.4. The predicted octanol–water partition coefficient (Wildman–Crippen LogP) is 4.96. The first-order valence-corrected chi connectivity index (χ1v) is 7.65. The van der Waals surface area contributed by atoms with Gasteiger partial charge in [-0.25, -0.2) is 0 Å². The van der Waals surface area contributed by atoms with Crippen LogP contribution in [0.3, 0.4) is 0 Å². The van der Waals surface area contributed by atoms with Gasteiger partial charge in [-0.3, -0.25) is 4.79 Å². The molecule has 0 aliphatic rings. The minimum atomic E-state index is -0.772. The van der Waals surface area contributed by atoms with Crippen molar-refractivity contribution in [3.05, 3.63) is 71.8 Å². The van der Waals surface area contributed by atoms with E-state index in [9.17, 15) is 4.79 Å². The Morgan fingerprint density at radius 3 is 2.45 bits per heavy atom. The molecule has 0 aliphatic carbocycles. The van der Waals surface area contributed by atoms with Crippen molar-refractivity contribution in [2.24, 2.45) is 0 Å². The summed E-state index contributed by atoms with van der Waals surface area (Å²) in [7, 11) is 0. The van der Waals surface area contributed by atoms with E-state index in [2.05, 4.69) is 0 Å². The number of para-hydroxylation sites is 1. The number of benzene rings is 2. The second-order valence-electron chi connectivity index (χ2n) is 4.78. The van der Waals surface area contributed by atoms with Crippen molar-refractivity contribution in [1.29, 1.82) is 0 Å². The molecule has 4 heteroatoms. The first-order chi connectivity index (χ1) is 10.7. The number of thiophene rings is 1. The van der Waals surface area contributed by atoms with E-state index in [-0.39, 0.29) is 6.42 Å². The van der Waals surface area contributed by atoms with Crippen LogP contribution in [0.4, 0.5) is 0 Å². The Kier molecular flexibility index (Phi) is 4.21. The molecule has 0 saturated heterocycles. The van der Waals surface area contributed by atoms with Crippen LogP contribution >= 0.6 is 11.3 Å². The van der Waals surface area contributed by atoms with E-state index < -0.39 is 5.97 Å². The molecule has 0 spiro atoms. The van der Waals surface area contributed by atoms with E-state index in [4.69, 9.17) is 9.52 Å². The summed E-state index contributed by atoms with van der Waals surface area (Å²) in [5, 5.41) is 10.9. The molecule has 4 rings (SSSR count). The molecule has 22 heavy (non-hydrogen) atoms. The van der Waals surface area contributed by atoms with Crippen molar-refractivity contribution in [1.82, 2.24) is 0 Å². The summed E-state index contributed by atoms with van der Waals surface area (Å²) in [5.41, 5.74) is 0.956. The number of carbonyl (C=O) groups is 1. The van der Waals surface area contributed by atoms with Crippen LogP contribution in [0.25, 0.3) is 21.1 Å². The second-order valence-corrected chi connectivity index (χ2v) is 5.95. The molecule has 0 unspecified atom stereocenters. The van der Waals surface area contributed by atoms with Crippen LogP contribution in [0.2, 0.25) is 0 Å². The normalized spacial score (nSPS) is 10.4. The van der Waals surface area contributed by atoms with Crippen LogP contribution in [-0.4, -0.2) is 11.1 Å². The third-order valence-electron chi connectivity index (χ3n) is 3.16. The molecule has 2 aromatic carbocycles. The molecule has 0 fully saturated rings. The smallest absolute Gasteiger partial charge is 0.308 e. The van der Waals surface area contributed by atoms with E-state index in [0.29, 0.717) is 0 Å². The number of carboxylic acid groups (broad SMARTS) is 1. The third kappa shape index (κ3) is 3.35. The Balaban J connectivity index is 0.000000139. The lowest BCUT2D eigenvalue weighted by Gasteiger charge is -1.85. The highest BCUT2D eigenvalue weighted by molar-refractivity contribution is 7.19. The first-order valence-electron chi connectivity index (χ1n) is 6.84. The fourth-order valence-electron chi connectivity index (χ4n) is 2.18. The van der Waals surface area contributed by atoms with Crippen molar-refractivity contribution in [3.8, 4) is 0 Å². The lowest BCUT2D eigenvalue weighted by Crippen LogP contribution is -1.96. The lowest BCUT2D eigenvalue weighted by atomic mass is 10.2. The molecule has 0 bridgehead atoms. The van der Waals surface area contributed by atoms with Gasteiger partial charge in [0.25, 0.3) is 0 Å². The van der Waals surface area contributed by atoms with Gasteiger partial charge in [0.05, 0.1) is 12.7 Å². The van der Waals surface area contributed by atoms with Gasteiger partial charge in [-0.2, -0.15) is 0 Å². The van der Waals surface area contributed by atoms with E-state index in [1.807, 2.05) is 60.7 Å². The van der Waals surface area contributed by atoms with Gasteiger partial charge in [0.1, 0.15) is 5.58 Å². The van der Waals surface area contributed by atoms with Crippen molar-refractivity contribution < 1.29 is 14.3 Å². The van der Waals surface area contributed by atoms with Gasteiger partial charge in [-0.15, -0.1) is 11.3 Å². The van der Waals surface area contributed by atoms with Gasteiger partial charge < -0.3 is 9.52 Å². The predicted molar refractivity (Wildman–Crippen MR) is 89.4 cm³/mol. The summed E-state index contributed by atoms with van der Waals surface area (Å²) in [4.78, 5) is 11.4. The van der Waals surface area contributed by atoms with Crippen molar-refractivity contribution >= 4 is 38.4 Å². The van der Waals surface area contributed by atoms with E-state index in [1.165, 1.54) is 0 Å². The van der Waals surface area contributed by atoms with Crippen molar-refractivity contribution in [3.63, 3.8) is 0 Å². The molecule has 0 atom stereocenters. The summed E-state index contributed by atoms with van der Waals surface area (Å²) in [6, 6.07) is 19.8. The zero-order valence-electron chi connectivity index (χ0n) is 11.7. The van der Waals surface area contributed by atoms with Crippen LogP contribution in [0, 0.1) is 0 Å². The molecule has 0 saturated carbocycles. The van der Waals surface area contributed by atoms with Crippen molar-refractivity contribution in [2.45, 2.75) is 6.42 Å². The molecular formula is C18H14O3S. The Morgan fingerprint density at radius 1 is 1.00 bits per heavy atom. The fraction of sp³-hybridized carbons (Fsp3) is 0.0556. The number of rotatable bonds is 2. The molecular weight excluding hydrogens is 296 g/mol. The van der Waals surface area contributed by atoms with Gasteiger partial charge in [0, 0.05) is 15.0 Å². The molecule has 1 N–H and O–H groups in total. The number of furan rings is 1. The van der Waals surface area contributed by atoms with Crippen LogP contribution in [0.1, 0.15) is 4.88 Å². The fourth-order valence-corrected chi connectivity index (χ4v) is 3.23. The van der Waals surface area contributed by atoms with Gasteiger partial charge in [-0.1, -0.05) is 36.4 Å². The topological polar surface area (TPSA) is 50.4 Å². The maximum Gasteiger partial charge on any atom is 0.308 e. The molecule has 0 amide bonds. The monoisotopic (exact) mass is 310 g/mol. The standard InChI is InChI=1S/C10H8O2S.C8H6O/c11-10(12)6-8-5-7-3-1-2-4-9(7)13-8;1-2-4-8-7(3-1)5-6-9-8/h1-5H,6H2,(H,11,12);1-6H. The Morgan fingerprint density at radius 2 is 1.73 bits per heavy atom.